The minimum atomic E-state index is 0.203. The van der Waals surface area contributed by atoms with E-state index >= 15 is 0 Å². The first-order valence-electron chi connectivity index (χ1n) is 5.28. The highest BCUT2D eigenvalue weighted by molar-refractivity contribution is 5.79. The summed E-state index contributed by atoms with van der Waals surface area (Å²) < 4.78 is 0. The van der Waals surface area contributed by atoms with Gasteiger partial charge in [0.05, 0.1) is 5.92 Å². The summed E-state index contributed by atoms with van der Waals surface area (Å²) in [4.78, 5) is 11.7. The number of piperidine rings is 1. The number of rotatable bonds is 2. The molecule has 0 aromatic heterocycles. The average molecular weight is 182 g/mol. The number of nitrogens with one attached hydrogen (secondary N) is 2. The fourth-order valence-electron chi connectivity index (χ4n) is 1.88. The Hall–Kier alpha value is -0.570. The van der Waals surface area contributed by atoms with E-state index in [1.165, 1.54) is 12.8 Å². The molecule has 2 aliphatic rings. The van der Waals surface area contributed by atoms with Crippen LogP contribution >= 0.6 is 0 Å². The third-order valence-electron chi connectivity index (χ3n) is 3.09. The first-order chi connectivity index (χ1) is 6.27. The van der Waals surface area contributed by atoms with Crippen LogP contribution in [-0.4, -0.2) is 25.0 Å². The number of hydrogen-bond acceptors (Lipinski definition) is 2. The van der Waals surface area contributed by atoms with Gasteiger partial charge < -0.3 is 10.6 Å². The molecular formula is C10H18N2O. The van der Waals surface area contributed by atoms with E-state index in [0.29, 0.717) is 12.0 Å². The predicted molar refractivity (Wildman–Crippen MR) is 51.3 cm³/mol. The summed E-state index contributed by atoms with van der Waals surface area (Å²) in [6, 6.07) is 0.502. The van der Waals surface area contributed by atoms with Gasteiger partial charge in [-0.25, -0.2) is 0 Å². The molecule has 0 bridgehead atoms. The van der Waals surface area contributed by atoms with Crippen molar-refractivity contribution >= 4 is 5.91 Å². The maximum Gasteiger partial charge on any atom is 0.224 e. The van der Waals surface area contributed by atoms with Crippen molar-refractivity contribution in [2.45, 2.75) is 32.2 Å². The summed E-state index contributed by atoms with van der Waals surface area (Å²) >= 11 is 0. The Labute approximate surface area is 79.3 Å². The molecule has 2 N–H and O–H groups in total. The monoisotopic (exact) mass is 182 g/mol. The Morgan fingerprint density at radius 3 is 2.77 bits per heavy atom. The largest absolute Gasteiger partial charge is 0.353 e. The van der Waals surface area contributed by atoms with Crippen LogP contribution in [0.3, 0.4) is 0 Å². The van der Waals surface area contributed by atoms with Gasteiger partial charge in [-0.05, 0) is 31.7 Å². The lowest BCUT2D eigenvalue weighted by Gasteiger charge is -2.28. The molecule has 1 saturated heterocycles. The minimum absolute atomic E-state index is 0.203. The second kappa shape index (κ2) is 3.66. The topological polar surface area (TPSA) is 41.1 Å². The molecule has 0 unspecified atom stereocenters. The molecule has 1 saturated carbocycles. The van der Waals surface area contributed by atoms with E-state index in [9.17, 15) is 4.79 Å². The molecule has 0 spiro atoms. The molecule has 74 valence electrons. The third-order valence-corrected chi connectivity index (χ3v) is 3.09. The van der Waals surface area contributed by atoms with Crippen LogP contribution in [0.1, 0.15) is 26.2 Å². The number of hydrogen-bond donors (Lipinski definition) is 2. The van der Waals surface area contributed by atoms with Crippen LogP contribution in [0.2, 0.25) is 0 Å². The molecule has 1 aliphatic carbocycles. The zero-order valence-corrected chi connectivity index (χ0v) is 8.18. The minimum Gasteiger partial charge on any atom is -0.353 e. The Balaban J connectivity index is 1.85. The smallest absolute Gasteiger partial charge is 0.224 e. The zero-order valence-electron chi connectivity index (χ0n) is 8.18. The molecule has 3 heteroatoms. The van der Waals surface area contributed by atoms with Gasteiger partial charge in [-0.2, -0.15) is 0 Å². The second-order valence-electron chi connectivity index (χ2n) is 4.36. The van der Waals surface area contributed by atoms with E-state index in [0.717, 1.165) is 19.5 Å². The molecule has 0 aromatic rings. The molecule has 0 radical (unpaired) electrons. The lowest BCUT2D eigenvalue weighted by atomic mass is 9.87. The Morgan fingerprint density at radius 1 is 1.38 bits per heavy atom. The van der Waals surface area contributed by atoms with Gasteiger partial charge in [-0.3, -0.25) is 4.79 Å². The highest BCUT2D eigenvalue weighted by Gasteiger charge is 2.31. The van der Waals surface area contributed by atoms with Crippen molar-refractivity contribution in [2.75, 3.05) is 13.1 Å². The average Bonchev–Trinajstić information content (AvgIpc) is 2.89. The van der Waals surface area contributed by atoms with E-state index in [1.807, 2.05) is 0 Å². The summed E-state index contributed by atoms with van der Waals surface area (Å²) in [5, 5.41) is 6.35. The predicted octanol–water partition coefficient (Wildman–Crippen LogP) is 0.511. The van der Waals surface area contributed by atoms with E-state index in [-0.39, 0.29) is 11.8 Å². The number of carbonyl (C=O) groups is 1. The fraction of sp³-hybridized carbons (Fsp3) is 0.900. The van der Waals surface area contributed by atoms with Crippen LogP contribution < -0.4 is 10.6 Å². The van der Waals surface area contributed by atoms with Crippen LogP contribution in [-0.2, 0) is 4.79 Å². The quantitative estimate of drug-likeness (QED) is 0.653. The molecule has 1 aliphatic heterocycles. The third kappa shape index (κ3) is 2.21. The molecule has 3 nitrogen and oxygen atoms in total. The van der Waals surface area contributed by atoms with Crippen LogP contribution in [0.4, 0.5) is 0 Å². The number of carbonyl (C=O) groups excluding carboxylic acids is 1. The maximum atomic E-state index is 11.7. The first kappa shape index (κ1) is 9.00. The normalized spacial score (nSPS) is 34.2. The summed E-state index contributed by atoms with van der Waals surface area (Å²) in [6.45, 7) is 4.10. The molecule has 2 fully saturated rings. The van der Waals surface area contributed by atoms with Crippen molar-refractivity contribution in [3.05, 3.63) is 0 Å². The molecule has 0 aromatic carbocycles. The van der Waals surface area contributed by atoms with Crippen LogP contribution in [0, 0.1) is 11.8 Å². The number of amides is 1. The van der Waals surface area contributed by atoms with Crippen molar-refractivity contribution in [1.29, 1.82) is 0 Å². The van der Waals surface area contributed by atoms with Gasteiger partial charge in [0.25, 0.3) is 0 Å². The zero-order chi connectivity index (χ0) is 9.26. The van der Waals surface area contributed by atoms with Gasteiger partial charge in [-0.15, -0.1) is 0 Å². The van der Waals surface area contributed by atoms with Gasteiger partial charge in [0, 0.05) is 12.6 Å². The summed E-state index contributed by atoms with van der Waals surface area (Å²) in [5.41, 5.74) is 0. The van der Waals surface area contributed by atoms with Crippen LogP contribution in [0.15, 0.2) is 0 Å². The highest BCUT2D eigenvalue weighted by Crippen LogP contribution is 2.22. The molecule has 2 rings (SSSR count). The molecule has 2 atom stereocenters. The standard InChI is InChI=1S/C10H18N2O/c1-7-4-5-11-6-9(7)10(13)12-8-2-3-8/h7-9,11H,2-6H2,1H3,(H,12,13)/t7-,9+/m0/s1. The SMILES string of the molecule is C[C@H]1CCNC[C@H]1C(=O)NC1CC1. The molecule has 1 amide bonds. The van der Waals surface area contributed by atoms with Crippen LogP contribution in [0.25, 0.3) is 0 Å². The van der Waals surface area contributed by atoms with E-state index in [2.05, 4.69) is 17.6 Å². The Kier molecular flexibility index (Phi) is 2.54. The maximum absolute atomic E-state index is 11.7. The lowest BCUT2D eigenvalue weighted by molar-refractivity contribution is -0.127. The first-order valence-corrected chi connectivity index (χ1v) is 5.28. The molecule has 1 heterocycles. The summed E-state index contributed by atoms with van der Waals surface area (Å²) in [6.07, 6.45) is 3.49. The van der Waals surface area contributed by atoms with E-state index in [1.54, 1.807) is 0 Å². The summed E-state index contributed by atoms with van der Waals surface area (Å²) in [7, 11) is 0. The van der Waals surface area contributed by atoms with Gasteiger partial charge >= 0.3 is 0 Å². The summed E-state index contributed by atoms with van der Waals surface area (Å²) in [5.74, 6) is 1.01. The van der Waals surface area contributed by atoms with E-state index in [4.69, 9.17) is 0 Å². The Bertz CT molecular complexity index is 201. The van der Waals surface area contributed by atoms with Crippen molar-refractivity contribution in [2.24, 2.45) is 11.8 Å². The van der Waals surface area contributed by atoms with Gasteiger partial charge in [0.1, 0.15) is 0 Å². The molecule has 13 heavy (non-hydrogen) atoms. The van der Waals surface area contributed by atoms with Crippen molar-refractivity contribution < 1.29 is 4.79 Å². The van der Waals surface area contributed by atoms with Crippen LogP contribution in [0.5, 0.6) is 0 Å². The Morgan fingerprint density at radius 2 is 2.15 bits per heavy atom. The highest BCUT2D eigenvalue weighted by atomic mass is 16.2. The molecular weight excluding hydrogens is 164 g/mol. The van der Waals surface area contributed by atoms with E-state index < -0.39 is 0 Å². The fourth-order valence-corrected chi connectivity index (χ4v) is 1.88. The van der Waals surface area contributed by atoms with Gasteiger partial charge in [0.2, 0.25) is 5.91 Å². The second-order valence-corrected chi connectivity index (χ2v) is 4.36. The van der Waals surface area contributed by atoms with Crippen molar-refractivity contribution in [3.8, 4) is 0 Å². The van der Waals surface area contributed by atoms with Gasteiger partial charge in [0.15, 0.2) is 0 Å². The van der Waals surface area contributed by atoms with Gasteiger partial charge in [-0.1, -0.05) is 6.92 Å². The van der Waals surface area contributed by atoms with Crippen molar-refractivity contribution in [3.63, 3.8) is 0 Å². The van der Waals surface area contributed by atoms with Crippen molar-refractivity contribution in [1.82, 2.24) is 10.6 Å². The lowest BCUT2D eigenvalue weighted by Crippen LogP contribution is -2.45.